The van der Waals surface area contributed by atoms with Crippen LogP contribution in [0.3, 0.4) is 0 Å². The molecule has 2 N–H and O–H groups in total. The van der Waals surface area contributed by atoms with Gasteiger partial charge in [0.25, 0.3) is 0 Å². The second kappa shape index (κ2) is 8.67. The predicted octanol–water partition coefficient (Wildman–Crippen LogP) is 2.84. The summed E-state index contributed by atoms with van der Waals surface area (Å²) in [4.78, 5) is 13.8. The van der Waals surface area contributed by atoms with Crippen molar-refractivity contribution in [1.82, 2.24) is 10.2 Å². The van der Waals surface area contributed by atoms with Crippen molar-refractivity contribution >= 4 is 6.03 Å². The van der Waals surface area contributed by atoms with Crippen LogP contribution in [0.4, 0.5) is 4.79 Å². The lowest BCUT2D eigenvalue weighted by Gasteiger charge is -2.23. The first-order chi connectivity index (χ1) is 9.90. The van der Waals surface area contributed by atoms with Crippen molar-refractivity contribution in [3.8, 4) is 0 Å². The second-order valence-electron chi connectivity index (χ2n) is 6.15. The number of benzene rings is 1. The van der Waals surface area contributed by atoms with Crippen LogP contribution in [0, 0.1) is 5.92 Å². The van der Waals surface area contributed by atoms with Gasteiger partial charge in [0, 0.05) is 26.1 Å². The minimum atomic E-state index is -0.388. The molecule has 0 saturated carbocycles. The van der Waals surface area contributed by atoms with E-state index in [1.165, 1.54) is 0 Å². The third-order valence-corrected chi connectivity index (χ3v) is 3.38. The topological polar surface area (TPSA) is 52.6 Å². The minimum absolute atomic E-state index is 0.0600. The van der Waals surface area contributed by atoms with Crippen LogP contribution in [0.5, 0.6) is 0 Å². The molecular weight excluding hydrogens is 264 g/mol. The number of hydrogen-bond acceptors (Lipinski definition) is 2. The molecule has 118 valence electrons. The maximum Gasteiger partial charge on any atom is 0.317 e. The van der Waals surface area contributed by atoms with E-state index in [9.17, 15) is 9.90 Å². The normalized spacial score (nSPS) is 13.8. The van der Waals surface area contributed by atoms with E-state index in [4.69, 9.17) is 0 Å². The fraction of sp³-hybridized carbons (Fsp3) is 0.588. The Bertz CT molecular complexity index is 418. The van der Waals surface area contributed by atoms with E-state index in [-0.39, 0.29) is 18.1 Å². The predicted molar refractivity (Wildman–Crippen MR) is 86.3 cm³/mol. The first-order valence-electron chi connectivity index (χ1n) is 7.62. The molecule has 2 unspecified atom stereocenters. The largest absolute Gasteiger partial charge is 0.393 e. The lowest BCUT2D eigenvalue weighted by atomic mass is 9.93. The molecule has 0 aliphatic rings. The number of amides is 2. The molecule has 21 heavy (non-hydrogen) atoms. The van der Waals surface area contributed by atoms with Crippen molar-refractivity contribution in [1.29, 1.82) is 0 Å². The highest BCUT2D eigenvalue weighted by molar-refractivity contribution is 5.73. The van der Waals surface area contributed by atoms with Crippen LogP contribution in [0.2, 0.25) is 0 Å². The van der Waals surface area contributed by atoms with E-state index >= 15 is 0 Å². The molecule has 1 rings (SSSR count). The zero-order valence-corrected chi connectivity index (χ0v) is 13.5. The molecule has 4 heteroatoms. The highest BCUT2D eigenvalue weighted by Gasteiger charge is 2.17. The second-order valence-corrected chi connectivity index (χ2v) is 6.15. The van der Waals surface area contributed by atoms with Gasteiger partial charge in [0.1, 0.15) is 0 Å². The molecule has 0 saturated heterocycles. The fourth-order valence-corrected chi connectivity index (χ4v) is 2.45. The van der Waals surface area contributed by atoms with Gasteiger partial charge in [-0.15, -0.1) is 0 Å². The molecule has 0 aromatic heterocycles. The summed E-state index contributed by atoms with van der Waals surface area (Å²) in [5.74, 6) is 0.575. The Kier molecular flexibility index (Phi) is 7.23. The third-order valence-electron chi connectivity index (χ3n) is 3.38. The molecule has 0 fully saturated rings. The van der Waals surface area contributed by atoms with Gasteiger partial charge in [0.2, 0.25) is 0 Å². The number of urea groups is 1. The summed E-state index contributed by atoms with van der Waals surface area (Å²) >= 11 is 0. The number of rotatable bonds is 7. The van der Waals surface area contributed by atoms with Crippen molar-refractivity contribution in [2.45, 2.75) is 39.2 Å². The smallest absolute Gasteiger partial charge is 0.317 e. The molecule has 0 spiro atoms. The summed E-state index contributed by atoms with van der Waals surface area (Å²) in [6.45, 7) is 7.23. The Balaban J connectivity index is 2.60. The number of carbonyl (C=O) groups excluding carboxylic acids is 1. The maximum atomic E-state index is 12.1. The van der Waals surface area contributed by atoms with E-state index in [1.807, 2.05) is 37.4 Å². The Morgan fingerprint density at radius 1 is 1.24 bits per heavy atom. The van der Waals surface area contributed by atoms with Gasteiger partial charge in [-0.25, -0.2) is 4.79 Å². The fourth-order valence-electron chi connectivity index (χ4n) is 2.45. The van der Waals surface area contributed by atoms with Crippen LogP contribution in [-0.2, 0) is 0 Å². The van der Waals surface area contributed by atoms with Crippen LogP contribution < -0.4 is 5.32 Å². The number of aliphatic hydroxyl groups excluding tert-OH is 1. The average molecular weight is 292 g/mol. The molecule has 0 aliphatic heterocycles. The van der Waals surface area contributed by atoms with E-state index in [0.717, 1.165) is 12.1 Å². The molecular formula is C17H28N2O2. The lowest BCUT2D eigenvalue weighted by molar-refractivity contribution is 0.171. The molecule has 2 atom stereocenters. The molecule has 2 amide bonds. The summed E-state index contributed by atoms with van der Waals surface area (Å²) < 4.78 is 0. The summed E-state index contributed by atoms with van der Waals surface area (Å²) in [5, 5.41) is 12.6. The zero-order valence-electron chi connectivity index (χ0n) is 13.5. The van der Waals surface area contributed by atoms with Crippen molar-refractivity contribution in [3.05, 3.63) is 35.9 Å². The highest BCUT2D eigenvalue weighted by atomic mass is 16.3. The summed E-state index contributed by atoms with van der Waals surface area (Å²) in [7, 11) is 1.81. The highest BCUT2D eigenvalue weighted by Crippen LogP contribution is 2.20. The quantitative estimate of drug-likeness (QED) is 0.812. The summed E-state index contributed by atoms with van der Waals surface area (Å²) in [6, 6.07) is 9.95. The monoisotopic (exact) mass is 292 g/mol. The summed E-state index contributed by atoms with van der Waals surface area (Å²) in [6.07, 6.45) is 0.249. The van der Waals surface area contributed by atoms with Crippen molar-refractivity contribution in [2.75, 3.05) is 20.1 Å². The first kappa shape index (κ1) is 17.5. The van der Waals surface area contributed by atoms with Gasteiger partial charge >= 0.3 is 6.03 Å². The van der Waals surface area contributed by atoms with Crippen LogP contribution in [0.25, 0.3) is 0 Å². The Labute approximate surface area is 128 Å². The molecule has 0 heterocycles. The van der Waals surface area contributed by atoms with Gasteiger partial charge in [0.05, 0.1) is 6.10 Å². The molecule has 4 nitrogen and oxygen atoms in total. The lowest BCUT2D eigenvalue weighted by Crippen LogP contribution is -2.41. The maximum absolute atomic E-state index is 12.1. The molecule has 0 radical (unpaired) electrons. The van der Waals surface area contributed by atoms with Gasteiger partial charge in [0.15, 0.2) is 0 Å². The number of nitrogens with one attached hydrogen (secondary N) is 1. The van der Waals surface area contributed by atoms with Crippen molar-refractivity contribution in [3.63, 3.8) is 0 Å². The van der Waals surface area contributed by atoms with Crippen LogP contribution in [0.1, 0.15) is 38.7 Å². The molecule has 0 aliphatic carbocycles. The van der Waals surface area contributed by atoms with Crippen molar-refractivity contribution in [2.24, 2.45) is 5.92 Å². The number of hydrogen-bond donors (Lipinski definition) is 2. The Hall–Kier alpha value is -1.55. The van der Waals surface area contributed by atoms with Crippen LogP contribution in [-0.4, -0.2) is 42.3 Å². The van der Waals surface area contributed by atoms with Crippen molar-refractivity contribution < 1.29 is 9.90 Å². The molecule has 1 aromatic carbocycles. The van der Waals surface area contributed by atoms with Gasteiger partial charge in [-0.2, -0.15) is 0 Å². The third kappa shape index (κ3) is 6.63. The van der Waals surface area contributed by atoms with Gasteiger partial charge < -0.3 is 15.3 Å². The van der Waals surface area contributed by atoms with E-state index in [0.29, 0.717) is 18.9 Å². The number of nitrogens with zero attached hydrogens (tertiary/aromatic N) is 1. The molecule has 1 aromatic rings. The number of carbonyl (C=O) groups is 1. The SMILES string of the molecule is CC(C)CN(C)C(=O)NCC(CC(C)O)c1ccccc1. The van der Waals surface area contributed by atoms with Crippen LogP contribution >= 0.6 is 0 Å². The van der Waals surface area contributed by atoms with E-state index < -0.39 is 0 Å². The Morgan fingerprint density at radius 3 is 2.38 bits per heavy atom. The molecule has 0 bridgehead atoms. The summed E-state index contributed by atoms with van der Waals surface area (Å²) in [5.41, 5.74) is 1.14. The number of aliphatic hydroxyl groups is 1. The minimum Gasteiger partial charge on any atom is -0.393 e. The zero-order chi connectivity index (χ0) is 15.8. The van der Waals surface area contributed by atoms with E-state index in [1.54, 1.807) is 11.8 Å². The Morgan fingerprint density at radius 2 is 1.86 bits per heavy atom. The average Bonchev–Trinajstić information content (AvgIpc) is 2.42. The van der Waals surface area contributed by atoms with Gasteiger partial charge in [-0.3, -0.25) is 0 Å². The van der Waals surface area contributed by atoms with Gasteiger partial charge in [-0.1, -0.05) is 44.2 Å². The van der Waals surface area contributed by atoms with E-state index in [2.05, 4.69) is 19.2 Å². The van der Waals surface area contributed by atoms with Gasteiger partial charge in [-0.05, 0) is 24.8 Å². The first-order valence-corrected chi connectivity index (χ1v) is 7.62. The van der Waals surface area contributed by atoms with Crippen LogP contribution in [0.15, 0.2) is 30.3 Å². The standard InChI is InChI=1S/C17H28N2O2/c1-13(2)12-19(4)17(21)18-11-16(10-14(3)20)15-8-6-5-7-9-15/h5-9,13-14,16,20H,10-12H2,1-4H3,(H,18,21).